The van der Waals surface area contributed by atoms with Gasteiger partial charge in [-0.2, -0.15) is 0 Å². The van der Waals surface area contributed by atoms with Crippen LogP contribution in [-0.2, 0) is 9.53 Å². The van der Waals surface area contributed by atoms with Crippen LogP contribution in [0.2, 0.25) is 0 Å². The van der Waals surface area contributed by atoms with Crippen LogP contribution in [0.15, 0.2) is 24.3 Å². The summed E-state index contributed by atoms with van der Waals surface area (Å²) in [7, 11) is 1.35. The molecule has 0 heterocycles. The van der Waals surface area contributed by atoms with Crippen LogP contribution in [0.3, 0.4) is 0 Å². The van der Waals surface area contributed by atoms with Crippen molar-refractivity contribution in [3.8, 4) is 0 Å². The molecule has 4 N–H and O–H groups in total. The number of hydrogen-bond donors (Lipinski definition) is 3. The standard InChI is InChI=1S/C13H19N3O2S.2ClH/c1-3-19-13(15)16-10-6-4-9(5-7-10)11(8-14)12(17)18-2;;/h4-7,11H,3,8,14H2,1-2H3,(H2,15,16);2*1H. The molecule has 1 unspecified atom stereocenters. The first-order valence-electron chi connectivity index (χ1n) is 5.98. The van der Waals surface area contributed by atoms with Gasteiger partial charge >= 0.3 is 5.97 Å². The Bertz CT molecular complexity index is 444. The van der Waals surface area contributed by atoms with Gasteiger partial charge in [0.1, 0.15) is 0 Å². The van der Waals surface area contributed by atoms with Gasteiger partial charge in [-0.1, -0.05) is 30.8 Å². The van der Waals surface area contributed by atoms with E-state index in [1.165, 1.54) is 18.9 Å². The molecule has 0 fully saturated rings. The fraction of sp³-hybridized carbons (Fsp3) is 0.385. The van der Waals surface area contributed by atoms with Crippen LogP contribution in [0.25, 0.3) is 0 Å². The first-order valence-corrected chi connectivity index (χ1v) is 6.97. The van der Waals surface area contributed by atoms with E-state index in [1.54, 1.807) is 0 Å². The third-order valence-electron chi connectivity index (χ3n) is 2.58. The number of carbonyl (C=O) groups is 1. The number of ether oxygens (including phenoxy) is 1. The van der Waals surface area contributed by atoms with Crippen LogP contribution in [-0.4, -0.2) is 30.5 Å². The number of anilines is 1. The van der Waals surface area contributed by atoms with Crippen LogP contribution in [0.5, 0.6) is 0 Å². The second-order valence-corrected chi connectivity index (χ2v) is 5.09. The van der Waals surface area contributed by atoms with E-state index in [2.05, 4.69) is 5.32 Å². The lowest BCUT2D eigenvalue weighted by molar-refractivity contribution is -0.142. The first-order chi connectivity index (χ1) is 9.12. The van der Waals surface area contributed by atoms with Crippen LogP contribution in [0.1, 0.15) is 18.4 Å². The summed E-state index contributed by atoms with van der Waals surface area (Å²) >= 11 is 1.43. The Morgan fingerprint density at radius 1 is 1.38 bits per heavy atom. The van der Waals surface area contributed by atoms with Gasteiger partial charge in [0.15, 0.2) is 5.17 Å². The number of benzene rings is 1. The second-order valence-electron chi connectivity index (χ2n) is 3.82. The predicted molar refractivity (Wildman–Crippen MR) is 94.2 cm³/mol. The molecule has 1 aromatic carbocycles. The first kappa shape index (κ1) is 22.3. The van der Waals surface area contributed by atoms with Crippen molar-refractivity contribution in [3.63, 3.8) is 0 Å². The van der Waals surface area contributed by atoms with E-state index in [1.807, 2.05) is 31.2 Å². The van der Waals surface area contributed by atoms with Crippen LogP contribution in [0, 0.1) is 5.41 Å². The van der Waals surface area contributed by atoms with E-state index in [0.717, 1.165) is 17.0 Å². The highest BCUT2D eigenvalue weighted by atomic mass is 35.5. The molecule has 0 spiro atoms. The molecule has 0 aliphatic rings. The normalized spacial score (nSPS) is 10.6. The lowest BCUT2D eigenvalue weighted by Crippen LogP contribution is -2.22. The van der Waals surface area contributed by atoms with Crippen LogP contribution < -0.4 is 11.1 Å². The van der Waals surface area contributed by atoms with E-state index >= 15 is 0 Å². The smallest absolute Gasteiger partial charge is 0.314 e. The molecule has 1 aromatic rings. The summed E-state index contributed by atoms with van der Waals surface area (Å²) in [5.74, 6) is 0.0719. The van der Waals surface area contributed by atoms with Crippen molar-refractivity contribution in [1.29, 1.82) is 5.41 Å². The molecule has 0 amide bonds. The van der Waals surface area contributed by atoms with Gasteiger partial charge in [0.25, 0.3) is 0 Å². The monoisotopic (exact) mass is 353 g/mol. The average molecular weight is 354 g/mol. The molecule has 8 heteroatoms. The summed E-state index contributed by atoms with van der Waals surface area (Å²) in [6.07, 6.45) is 0. The summed E-state index contributed by atoms with van der Waals surface area (Å²) in [6, 6.07) is 7.29. The Kier molecular flexibility index (Phi) is 12.4. The van der Waals surface area contributed by atoms with Crippen molar-refractivity contribution in [1.82, 2.24) is 0 Å². The SMILES string of the molecule is CCSC(=N)Nc1ccc(C(CN)C(=O)OC)cc1.Cl.Cl. The Morgan fingerprint density at radius 2 is 1.95 bits per heavy atom. The summed E-state index contributed by atoms with van der Waals surface area (Å²) in [4.78, 5) is 11.5. The van der Waals surface area contributed by atoms with Crippen molar-refractivity contribution >= 4 is 53.4 Å². The Hall–Kier alpha value is -0.950. The van der Waals surface area contributed by atoms with Gasteiger partial charge in [-0.3, -0.25) is 10.2 Å². The number of rotatable bonds is 5. The minimum absolute atomic E-state index is 0. The van der Waals surface area contributed by atoms with Gasteiger partial charge in [0.2, 0.25) is 0 Å². The fourth-order valence-electron chi connectivity index (χ4n) is 1.62. The van der Waals surface area contributed by atoms with Gasteiger partial charge < -0.3 is 15.8 Å². The molecule has 0 saturated carbocycles. The summed E-state index contributed by atoms with van der Waals surface area (Å²) in [5, 5.41) is 11.0. The van der Waals surface area contributed by atoms with Gasteiger partial charge in [-0.25, -0.2) is 0 Å². The number of esters is 1. The number of carbonyl (C=O) groups excluding carboxylic acids is 1. The average Bonchev–Trinajstić information content (AvgIpc) is 2.41. The highest BCUT2D eigenvalue weighted by Crippen LogP contribution is 2.19. The Balaban J connectivity index is 0. The second kappa shape index (κ2) is 11.7. The van der Waals surface area contributed by atoms with Crippen molar-refractivity contribution in [2.75, 3.05) is 24.7 Å². The number of amidine groups is 1. The predicted octanol–water partition coefficient (Wildman–Crippen LogP) is 2.85. The van der Waals surface area contributed by atoms with Gasteiger partial charge in [-0.05, 0) is 23.4 Å². The molecule has 1 rings (SSSR count). The molecule has 0 aromatic heterocycles. The summed E-state index contributed by atoms with van der Waals surface area (Å²) in [6.45, 7) is 2.20. The molecule has 0 aliphatic heterocycles. The minimum Gasteiger partial charge on any atom is -0.469 e. The van der Waals surface area contributed by atoms with Crippen molar-refractivity contribution in [2.45, 2.75) is 12.8 Å². The lowest BCUT2D eigenvalue weighted by atomic mass is 9.99. The third kappa shape index (κ3) is 7.04. The lowest BCUT2D eigenvalue weighted by Gasteiger charge is -2.13. The van der Waals surface area contributed by atoms with Crippen LogP contribution in [0.4, 0.5) is 5.69 Å². The molecular formula is C13H21Cl2N3O2S. The Labute approximate surface area is 141 Å². The number of thioether (sulfide) groups is 1. The third-order valence-corrected chi connectivity index (χ3v) is 3.26. The largest absolute Gasteiger partial charge is 0.469 e. The van der Waals surface area contributed by atoms with E-state index < -0.39 is 5.92 Å². The van der Waals surface area contributed by atoms with E-state index in [4.69, 9.17) is 15.9 Å². The quantitative estimate of drug-likeness (QED) is 0.430. The molecule has 0 aliphatic carbocycles. The topological polar surface area (TPSA) is 88.2 Å². The van der Waals surface area contributed by atoms with E-state index in [9.17, 15) is 4.79 Å². The van der Waals surface area contributed by atoms with Crippen molar-refractivity contribution in [3.05, 3.63) is 29.8 Å². The number of nitrogens with two attached hydrogens (primary N) is 1. The van der Waals surface area contributed by atoms with Gasteiger partial charge in [0, 0.05) is 12.2 Å². The Morgan fingerprint density at radius 3 is 2.38 bits per heavy atom. The maximum Gasteiger partial charge on any atom is 0.314 e. The molecular weight excluding hydrogens is 333 g/mol. The summed E-state index contributed by atoms with van der Waals surface area (Å²) < 4.78 is 4.71. The molecule has 1 atom stereocenters. The molecule has 0 bridgehead atoms. The van der Waals surface area contributed by atoms with Gasteiger partial charge in [-0.15, -0.1) is 24.8 Å². The zero-order valence-electron chi connectivity index (χ0n) is 11.9. The molecule has 21 heavy (non-hydrogen) atoms. The van der Waals surface area contributed by atoms with Crippen LogP contribution >= 0.6 is 36.6 Å². The molecule has 5 nitrogen and oxygen atoms in total. The molecule has 120 valence electrons. The number of hydrogen-bond acceptors (Lipinski definition) is 5. The number of methoxy groups -OCH3 is 1. The van der Waals surface area contributed by atoms with Gasteiger partial charge in [0.05, 0.1) is 13.0 Å². The minimum atomic E-state index is -0.441. The molecule has 0 radical (unpaired) electrons. The zero-order valence-corrected chi connectivity index (χ0v) is 14.4. The number of nitrogens with one attached hydrogen (secondary N) is 2. The highest BCUT2D eigenvalue weighted by Gasteiger charge is 2.19. The van der Waals surface area contributed by atoms with E-state index in [0.29, 0.717) is 5.17 Å². The molecule has 0 saturated heterocycles. The number of halogens is 2. The zero-order chi connectivity index (χ0) is 14.3. The van der Waals surface area contributed by atoms with Crippen molar-refractivity contribution in [2.24, 2.45) is 5.73 Å². The van der Waals surface area contributed by atoms with E-state index in [-0.39, 0.29) is 37.3 Å². The maximum atomic E-state index is 11.5. The summed E-state index contributed by atoms with van der Waals surface area (Å²) in [5.41, 5.74) is 7.22. The maximum absolute atomic E-state index is 11.5. The highest BCUT2D eigenvalue weighted by molar-refractivity contribution is 8.14. The fourth-order valence-corrected chi connectivity index (χ4v) is 2.10. The van der Waals surface area contributed by atoms with Crippen molar-refractivity contribution < 1.29 is 9.53 Å².